The second-order valence-corrected chi connectivity index (χ2v) is 7.37. The van der Waals surface area contributed by atoms with Crippen LogP contribution in [0.2, 0.25) is 0 Å². The molecule has 2 aliphatic rings. The fraction of sp³-hybridized carbons (Fsp3) is 0.333. The van der Waals surface area contributed by atoms with Gasteiger partial charge < -0.3 is 30.9 Å². The van der Waals surface area contributed by atoms with Crippen molar-refractivity contribution in [3.05, 3.63) is 47.2 Å². The Labute approximate surface area is 178 Å². The molecule has 2 atom stereocenters. The second kappa shape index (κ2) is 9.00. The molecule has 164 valence electrons. The van der Waals surface area contributed by atoms with E-state index in [-0.39, 0.29) is 36.3 Å². The molecule has 0 saturated heterocycles. The number of carbonyl (C=O) groups is 4. The van der Waals surface area contributed by atoms with Gasteiger partial charge in [0.1, 0.15) is 6.23 Å². The Hall–Kier alpha value is -3.66. The van der Waals surface area contributed by atoms with E-state index in [0.29, 0.717) is 17.6 Å². The molecule has 2 heterocycles. The highest BCUT2D eigenvalue weighted by Crippen LogP contribution is 2.39. The molecule has 3 rings (SSSR count). The number of nitrogens with two attached hydrogens (primary N) is 1. The smallest absolute Gasteiger partial charge is 0.311 e. The van der Waals surface area contributed by atoms with E-state index in [1.807, 2.05) is 0 Å². The van der Waals surface area contributed by atoms with Crippen LogP contribution in [0.1, 0.15) is 41.6 Å². The molecular weight excluding hydrogens is 406 g/mol. The number of aliphatic hydroxyl groups is 1. The predicted molar refractivity (Wildman–Crippen MR) is 109 cm³/mol. The number of hydrogen-bond donors (Lipinski definition) is 4. The highest BCUT2D eigenvalue weighted by molar-refractivity contribution is 6.03. The van der Waals surface area contributed by atoms with Crippen LogP contribution >= 0.6 is 0 Å². The number of carbonyl (C=O) groups excluding carboxylic acids is 3. The molecule has 2 unspecified atom stereocenters. The van der Waals surface area contributed by atoms with Gasteiger partial charge in [0.05, 0.1) is 17.3 Å². The highest BCUT2D eigenvalue weighted by Gasteiger charge is 2.39. The number of allylic oxidation sites excluding steroid dienone is 1. The first-order chi connectivity index (χ1) is 14.7. The van der Waals surface area contributed by atoms with E-state index in [4.69, 9.17) is 15.6 Å². The lowest BCUT2D eigenvalue weighted by Gasteiger charge is -2.25. The number of anilines is 1. The van der Waals surface area contributed by atoms with Gasteiger partial charge in [-0.05, 0) is 37.0 Å². The van der Waals surface area contributed by atoms with Gasteiger partial charge >= 0.3 is 11.9 Å². The number of esters is 1. The van der Waals surface area contributed by atoms with Gasteiger partial charge in [0.15, 0.2) is 5.75 Å². The molecule has 2 amide bonds. The van der Waals surface area contributed by atoms with Gasteiger partial charge in [0.25, 0.3) is 5.91 Å². The minimum Gasteiger partial charge on any atom is -0.481 e. The Balaban J connectivity index is 1.88. The third kappa shape index (κ3) is 4.92. The second-order valence-electron chi connectivity index (χ2n) is 7.37. The number of primary amides is 1. The van der Waals surface area contributed by atoms with Gasteiger partial charge in [-0.1, -0.05) is 12.1 Å². The van der Waals surface area contributed by atoms with Crippen molar-refractivity contribution >= 4 is 29.4 Å². The zero-order valence-electron chi connectivity index (χ0n) is 16.8. The fourth-order valence-corrected chi connectivity index (χ4v) is 3.51. The molecule has 31 heavy (non-hydrogen) atoms. The van der Waals surface area contributed by atoms with Crippen molar-refractivity contribution in [2.75, 3.05) is 5.32 Å². The van der Waals surface area contributed by atoms with E-state index in [1.54, 1.807) is 25.3 Å². The van der Waals surface area contributed by atoms with E-state index in [0.717, 1.165) is 0 Å². The molecule has 5 N–H and O–H groups in total. The van der Waals surface area contributed by atoms with Crippen molar-refractivity contribution in [2.45, 2.75) is 44.9 Å². The standard InChI is InChI=1S/C21H23N3O7/c1-11-5-7-13-18(19(11)31-17(28)4-2-3-16(26)27)23-20(29)14-9-12(6-8-15(22)25)10-24(14)21(13)30/h5-8,10,14,20,23,29H,2-4,9H2,1H3,(H2,22,25)(H,26,27). The molecule has 0 spiro atoms. The van der Waals surface area contributed by atoms with Crippen LogP contribution in [-0.2, 0) is 14.4 Å². The molecule has 10 nitrogen and oxygen atoms in total. The summed E-state index contributed by atoms with van der Waals surface area (Å²) in [7, 11) is 0. The number of rotatable bonds is 7. The van der Waals surface area contributed by atoms with Crippen LogP contribution in [0.5, 0.6) is 5.75 Å². The lowest BCUT2D eigenvalue weighted by Crippen LogP contribution is -2.42. The fourth-order valence-electron chi connectivity index (χ4n) is 3.51. The number of ether oxygens (including phenoxy) is 1. The maximum absolute atomic E-state index is 13.2. The zero-order valence-corrected chi connectivity index (χ0v) is 16.8. The van der Waals surface area contributed by atoms with E-state index in [9.17, 15) is 24.3 Å². The Morgan fingerprint density at radius 3 is 2.74 bits per heavy atom. The molecule has 0 aromatic heterocycles. The van der Waals surface area contributed by atoms with Crippen LogP contribution in [0.25, 0.3) is 0 Å². The third-order valence-electron chi connectivity index (χ3n) is 5.03. The van der Waals surface area contributed by atoms with Crippen molar-refractivity contribution < 1.29 is 34.1 Å². The SMILES string of the molecule is Cc1ccc2c(c1OC(=O)CCCC(=O)O)NC(O)C1CC(C=CC(N)=O)=CN1C2=O. The first-order valence-corrected chi connectivity index (χ1v) is 9.69. The Kier molecular flexibility index (Phi) is 6.40. The van der Waals surface area contributed by atoms with Gasteiger partial charge in [0.2, 0.25) is 5.91 Å². The number of carboxylic acid groups (broad SMARTS) is 1. The Morgan fingerprint density at radius 2 is 2.06 bits per heavy atom. The maximum Gasteiger partial charge on any atom is 0.311 e. The summed E-state index contributed by atoms with van der Waals surface area (Å²) in [5, 5.41) is 22.3. The van der Waals surface area contributed by atoms with Gasteiger partial charge in [0, 0.05) is 25.1 Å². The van der Waals surface area contributed by atoms with Crippen LogP contribution in [0.4, 0.5) is 5.69 Å². The number of fused-ring (bicyclic) bond motifs is 2. The highest BCUT2D eigenvalue weighted by atomic mass is 16.5. The number of aliphatic carboxylic acids is 1. The summed E-state index contributed by atoms with van der Waals surface area (Å²) in [5.74, 6) is -2.56. The van der Waals surface area contributed by atoms with Crippen LogP contribution in [0.15, 0.2) is 36.1 Å². The number of hydrogen-bond acceptors (Lipinski definition) is 7. The van der Waals surface area contributed by atoms with Crippen LogP contribution in [0, 0.1) is 6.92 Å². The van der Waals surface area contributed by atoms with Crippen LogP contribution in [0.3, 0.4) is 0 Å². The third-order valence-corrected chi connectivity index (χ3v) is 5.03. The number of aryl methyl sites for hydroxylation is 1. The number of benzene rings is 1. The number of aliphatic hydroxyl groups excluding tert-OH is 1. The molecule has 2 aliphatic heterocycles. The zero-order chi connectivity index (χ0) is 22.7. The Bertz CT molecular complexity index is 999. The van der Waals surface area contributed by atoms with E-state index in [1.165, 1.54) is 17.1 Å². The minimum absolute atomic E-state index is 0.0983. The summed E-state index contributed by atoms with van der Waals surface area (Å²) < 4.78 is 5.43. The average Bonchev–Trinajstić information content (AvgIpc) is 3.09. The number of nitrogens with one attached hydrogen (secondary N) is 1. The van der Waals surface area contributed by atoms with E-state index >= 15 is 0 Å². The molecule has 10 heteroatoms. The Morgan fingerprint density at radius 1 is 1.32 bits per heavy atom. The lowest BCUT2D eigenvalue weighted by molar-refractivity contribution is -0.137. The van der Waals surface area contributed by atoms with Gasteiger partial charge in [-0.3, -0.25) is 19.2 Å². The number of amides is 2. The summed E-state index contributed by atoms with van der Waals surface area (Å²) in [4.78, 5) is 48.3. The summed E-state index contributed by atoms with van der Waals surface area (Å²) in [5.41, 5.74) is 6.73. The summed E-state index contributed by atoms with van der Waals surface area (Å²) in [6, 6.07) is 2.56. The maximum atomic E-state index is 13.2. The molecule has 0 fully saturated rings. The largest absolute Gasteiger partial charge is 0.481 e. The summed E-state index contributed by atoms with van der Waals surface area (Å²) >= 11 is 0. The monoisotopic (exact) mass is 429 g/mol. The first-order valence-electron chi connectivity index (χ1n) is 9.69. The van der Waals surface area contributed by atoms with E-state index < -0.39 is 36.0 Å². The molecule has 0 bridgehead atoms. The molecule has 0 radical (unpaired) electrons. The minimum atomic E-state index is -1.17. The molecular formula is C21H23N3O7. The molecule has 1 aromatic carbocycles. The normalized spacial score (nSPS) is 19.9. The topological polar surface area (TPSA) is 159 Å². The van der Waals surface area contributed by atoms with Crippen LogP contribution < -0.4 is 15.8 Å². The molecule has 1 aromatic rings. The van der Waals surface area contributed by atoms with E-state index in [2.05, 4.69) is 5.32 Å². The molecule has 0 saturated carbocycles. The van der Waals surface area contributed by atoms with Crippen molar-refractivity contribution in [1.82, 2.24) is 4.90 Å². The number of nitrogens with zero attached hydrogens (tertiary/aromatic N) is 1. The predicted octanol–water partition coefficient (Wildman–Crippen LogP) is 1.04. The van der Waals surface area contributed by atoms with Gasteiger partial charge in [-0.15, -0.1) is 0 Å². The van der Waals surface area contributed by atoms with Gasteiger partial charge in [-0.25, -0.2) is 0 Å². The first kappa shape index (κ1) is 22.0. The van der Waals surface area contributed by atoms with Crippen molar-refractivity contribution in [1.29, 1.82) is 0 Å². The van der Waals surface area contributed by atoms with Crippen LogP contribution in [-0.4, -0.2) is 51.1 Å². The summed E-state index contributed by atoms with van der Waals surface area (Å²) in [6.07, 6.45) is 3.21. The van der Waals surface area contributed by atoms with Gasteiger partial charge in [-0.2, -0.15) is 0 Å². The lowest BCUT2D eigenvalue weighted by atomic mass is 10.1. The van der Waals surface area contributed by atoms with Crippen molar-refractivity contribution in [3.63, 3.8) is 0 Å². The van der Waals surface area contributed by atoms with Crippen molar-refractivity contribution in [3.8, 4) is 5.75 Å². The summed E-state index contributed by atoms with van der Waals surface area (Å²) in [6.45, 7) is 1.69. The molecule has 0 aliphatic carbocycles. The average molecular weight is 429 g/mol. The quantitative estimate of drug-likeness (QED) is 0.284. The number of carboxylic acids is 1. The van der Waals surface area contributed by atoms with Crippen molar-refractivity contribution in [2.24, 2.45) is 5.73 Å².